The third kappa shape index (κ3) is 36.0. The summed E-state index contributed by atoms with van der Waals surface area (Å²) >= 11 is 0. The molecule has 0 aliphatic carbocycles. The quantitative estimate of drug-likeness (QED) is 0.390. The summed E-state index contributed by atoms with van der Waals surface area (Å²) in [6.07, 6.45) is 2.32. The van der Waals surface area contributed by atoms with E-state index in [9.17, 15) is 0 Å². The number of hydrogen-bond acceptors (Lipinski definition) is 0. The van der Waals surface area contributed by atoms with Crippen molar-refractivity contribution in [2.45, 2.75) is 26.7 Å². The molecule has 0 fully saturated rings. The van der Waals surface area contributed by atoms with Gasteiger partial charge in [-0.2, -0.15) is 35.4 Å². The minimum Gasteiger partial charge on any atom is -1.00 e. The SMILES string of the molecule is CC[c-]1cccc1.CC[c-]1cccc1.[CH3-].[CH3-].[CH3-].[CH3-].[CH3-].[CH3-].[CH3-].[CH3-].[Cl-].[Cl-].[Hf]. The van der Waals surface area contributed by atoms with E-state index in [1.807, 2.05) is 0 Å². The van der Waals surface area contributed by atoms with Crippen LogP contribution in [0.2, 0.25) is 0 Å². The summed E-state index contributed by atoms with van der Waals surface area (Å²) in [6.45, 7) is 4.32. The molecule has 0 aromatic heterocycles. The molecule has 0 atom stereocenters. The van der Waals surface area contributed by atoms with Gasteiger partial charge in [0.25, 0.3) is 0 Å². The molecule has 2 aromatic carbocycles. The average Bonchev–Trinajstić information content (AvgIpc) is 2.92. The third-order valence-electron chi connectivity index (χ3n) is 2.28. The molecular weight excluding hydrogens is 514 g/mol. The van der Waals surface area contributed by atoms with Gasteiger partial charge in [0.1, 0.15) is 0 Å². The monoisotopic (exact) mass is 556 g/mol. The predicted molar refractivity (Wildman–Crippen MR) is 114 cm³/mol. The summed E-state index contributed by atoms with van der Waals surface area (Å²) in [5, 5.41) is 0. The summed E-state index contributed by atoms with van der Waals surface area (Å²) in [4.78, 5) is 0. The molecule has 0 unspecified atom stereocenters. The summed E-state index contributed by atoms with van der Waals surface area (Å²) in [6, 6.07) is 16.8. The second-order valence-corrected chi connectivity index (χ2v) is 3.29. The summed E-state index contributed by atoms with van der Waals surface area (Å²) in [7, 11) is 0. The van der Waals surface area contributed by atoms with E-state index < -0.39 is 0 Å². The molecule has 0 amide bonds. The second-order valence-electron chi connectivity index (χ2n) is 3.29. The van der Waals surface area contributed by atoms with E-state index in [0.29, 0.717) is 0 Å². The Balaban J connectivity index is -0.0000000121. The Morgan fingerprint density at radius 3 is 0.720 bits per heavy atom. The van der Waals surface area contributed by atoms with Crippen LogP contribution >= 0.6 is 0 Å². The van der Waals surface area contributed by atoms with Gasteiger partial charge in [0, 0.05) is 25.8 Å². The molecule has 160 valence electrons. The maximum Gasteiger partial charge on any atom is 0 e. The van der Waals surface area contributed by atoms with E-state index >= 15 is 0 Å². The van der Waals surface area contributed by atoms with Gasteiger partial charge in [-0.25, -0.2) is 24.3 Å². The van der Waals surface area contributed by atoms with Crippen molar-refractivity contribution in [3.8, 4) is 0 Å². The fraction of sp³-hybridized carbons (Fsp3) is 0.182. The third-order valence-corrected chi connectivity index (χ3v) is 2.28. The zero-order valence-corrected chi connectivity index (χ0v) is 23.4. The zero-order chi connectivity index (χ0) is 10.2. The molecule has 3 heteroatoms. The van der Waals surface area contributed by atoms with Crippen molar-refractivity contribution >= 4 is 0 Å². The molecule has 25 heavy (non-hydrogen) atoms. The van der Waals surface area contributed by atoms with Crippen LogP contribution in [0, 0.1) is 59.4 Å². The van der Waals surface area contributed by atoms with Gasteiger partial charge >= 0.3 is 0 Å². The van der Waals surface area contributed by atoms with Crippen LogP contribution in [0.5, 0.6) is 0 Å². The Labute approximate surface area is 195 Å². The van der Waals surface area contributed by atoms with Gasteiger partial charge in [-0.1, -0.05) is 26.7 Å². The summed E-state index contributed by atoms with van der Waals surface area (Å²) < 4.78 is 0. The van der Waals surface area contributed by atoms with Crippen molar-refractivity contribution < 1.29 is 50.7 Å². The molecule has 0 saturated heterocycles. The van der Waals surface area contributed by atoms with Crippen LogP contribution < -0.4 is 24.8 Å². The summed E-state index contributed by atoms with van der Waals surface area (Å²) in [5.74, 6) is 0. The van der Waals surface area contributed by atoms with E-state index in [4.69, 9.17) is 0 Å². The van der Waals surface area contributed by atoms with Gasteiger partial charge in [-0.3, -0.25) is 0 Å². The molecule has 0 aliphatic rings. The minimum atomic E-state index is 0. The smallest absolute Gasteiger partial charge is 0 e. The Kier molecular flexibility index (Phi) is 145. The number of hydrogen-bond donors (Lipinski definition) is 0. The van der Waals surface area contributed by atoms with Crippen LogP contribution in [-0.4, -0.2) is 0 Å². The van der Waals surface area contributed by atoms with Crippen LogP contribution in [0.3, 0.4) is 0 Å². The molecule has 2 aromatic rings. The molecule has 0 spiro atoms. The Hall–Kier alpha value is 0.150. The Morgan fingerprint density at radius 2 is 0.640 bits per heavy atom. The number of aryl methyl sites for hydroxylation is 2. The topological polar surface area (TPSA) is 0 Å². The van der Waals surface area contributed by atoms with Gasteiger partial charge in [0.15, 0.2) is 0 Å². The summed E-state index contributed by atoms with van der Waals surface area (Å²) in [5.41, 5.74) is 2.86. The zero-order valence-electron chi connectivity index (χ0n) is 18.3. The first-order chi connectivity index (χ1) is 6.86. The first-order valence-corrected chi connectivity index (χ1v) is 5.28. The standard InChI is InChI=1S/2C7H9.8CH3.2ClH.Hf/c2*1-2-7-5-3-4-6-7;;;;;;;;;;;/h2*3-6H,2H2,1H3;8*1H3;2*1H;/q10*-1;;;/p-2. The molecule has 0 bridgehead atoms. The Bertz CT molecular complexity index is 279. The van der Waals surface area contributed by atoms with E-state index in [2.05, 4.69) is 62.4 Å². The van der Waals surface area contributed by atoms with Crippen molar-refractivity contribution in [1.29, 1.82) is 0 Å². The van der Waals surface area contributed by atoms with Gasteiger partial charge in [0.05, 0.1) is 0 Å². The average molecular weight is 556 g/mol. The molecular formula is C22H42Cl2Hf-12. The van der Waals surface area contributed by atoms with Crippen LogP contribution in [0.1, 0.15) is 25.0 Å². The van der Waals surface area contributed by atoms with E-state index in [1.165, 1.54) is 11.1 Å². The molecule has 0 heterocycles. The fourth-order valence-corrected chi connectivity index (χ4v) is 1.30. The number of halogens is 2. The normalized spacial score (nSPS) is 5.20. The van der Waals surface area contributed by atoms with Crippen LogP contribution in [0.25, 0.3) is 0 Å². The van der Waals surface area contributed by atoms with Gasteiger partial charge in [0.2, 0.25) is 0 Å². The maximum absolute atomic E-state index is 2.16. The molecule has 2 rings (SSSR count). The van der Waals surface area contributed by atoms with Crippen molar-refractivity contribution in [2.75, 3.05) is 0 Å². The predicted octanol–water partition coefficient (Wildman–Crippen LogP) is 1.54. The minimum absolute atomic E-state index is 0. The van der Waals surface area contributed by atoms with Crippen molar-refractivity contribution in [3.63, 3.8) is 0 Å². The maximum atomic E-state index is 2.16. The molecule has 0 aliphatic heterocycles. The molecule has 0 N–H and O–H groups in total. The second kappa shape index (κ2) is 49.6. The largest absolute Gasteiger partial charge is 1.00 e. The van der Waals surface area contributed by atoms with Gasteiger partial charge in [-0.05, 0) is 0 Å². The molecule has 0 nitrogen and oxygen atoms in total. The first kappa shape index (κ1) is 73.3. The van der Waals surface area contributed by atoms with Crippen molar-refractivity contribution in [1.82, 2.24) is 0 Å². The van der Waals surface area contributed by atoms with E-state index in [1.54, 1.807) is 0 Å². The Morgan fingerprint density at radius 1 is 0.480 bits per heavy atom. The number of rotatable bonds is 2. The van der Waals surface area contributed by atoms with E-state index in [-0.39, 0.29) is 110 Å². The van der Waals surface area contributed by atoms with Crippen LogP contribution in [0.15, 0.2) is 48.5 Å². The van der Waals surface area contributed by atoms with Crippen LogP contribution in [0.4, 0.5) is 0 Å². The van der Waals surface area contributed by atoms with Crippen molar-refractivity contribution in [2.24, 2.45) is 0 Å². The fourth-order valence-electron chi connectivity index (χ4n) is 1.30. The van der Waals surface area contributed by atoms with Gasteiger partial charge in [-0.15, -0.1) is 0 Å². The molecule has 0 saturated carbocycles. The van der Waals surface area contributed by atoms with E-state index in [0.717, 1.165) is 12.8 Å². The first-order valence-electron chi connectivity index (χ1n) is 5.28. The van der Waals surface area contributed by atoms with Crippen molar-refractivity contribution in [3.05, 3.63) is 119 Å². The van der Waals surface area contributed by atoms with Crippen LogP contribution in [-0.2, 0) is 38.7 Å². The molecule has 0 radical (unpaired) electrons. The van der Waals surface area contributed by atoms with Gasteiger partial charge < -0.3 is 84.2 Å².